The van der Waals surface area contributed by atoms with Crippen molar-refractivity contribution in [3.63, 3.8) is 0 Å². The Labute approximate surface area is 122 Å². The number of benzene rings is 1. The van der Waals surface area contributed by atoms with Crippen LogP contribution in [0.5, 0.6) is 0 Å². The van der Waals surface area contributed by atoms with E-state index in [-0.39, 0.29) is 16.5 Å². The Balaban J connectivity index is 3.25. The summed E-state index contributed by atoms with van der Waals surface area (Å²) in [5, 5.41) is 16.4. The Kier molecular flexibility index (Phi) is 5.25. The quantitative estimate of drug-likeness (QED) is 0.595. The zero-order valence-corrected chi connectivity index (χ0v) is 12.7. The minimum atomic E-state index is -3.75. The van der Waals surface area contributed by atoms with Crippen molar-refractivity contribution in [2.24, 2.45) is 0 Å². The van der Waals surface area contributed by atoms with E-state index in [0.717, 1.165) is 12.3 Å². The minimum absolute atomic E-state index is 0.0123. The molecule has 0 heterocycles. The summed E-state index contributed by atoms with van der Waals surface area (Å²) in [6.45, 7) is 3.70. The topological polar surface area (TPSA) is 118 Å². The van der Waals surface area contributed by atoms with Crippen LogP contribution in [0.25, 0.3) is 0 Å². The van der Waals surface area contributed by atoms with Gasteiger partial charge >= 0.3 is 5.69 Å². The molecule has 0 saturated carbocycles. The molecule has 0 saturated heterocycles. The zero-order valence-electron chi connectivity index (χ0n) is 11.9. The molecule has 1 atom stereocenters. The molecular formula is C12H17N3O5S. The molecule has 1 unspecified atom stereocenters. The average Bonchev–Trinajstić information content (AvgIpc) is 2.37. The molecule has 0 radical (unpaired) electrons. The summed E-state index contributed by atoms with van der Waals surface area (Å²) in [5.41, 5.74) is -0.571. The molecule has 0 bridgehead atoms. The van der Waals surface area contributed by atoms with Crippen molar-refractivity contribution in [1.29, 1.82) is 0 Å². The van der Waals surface area contributed by atoms with Crippen LogP contribution in [-0.2, 0) is 14.6 Å². The molecule has 1 aromatic carbocycles. The highest BCUT2D eigenvalue weighted by Crippen LogP contribution is 2.32. The van der Waals surface area contributed by atoms with Crippen LogP contribution in [-0.4, -0.2) is 38.1 Å². The van der Waals surface area contributed by atoms with E-state index >= 15 is 0 Å². The molecule has 0 fully saturated rings. The Morgan fingerprint density at radius 2 is 2.05 bits per heavy atom. The molecule has 1 rings (SSSR count). The van der Waals surface area contributed by atoms with Crippen molar-refractivity contribution < 1.29 is 18.1 Å². The van der Waals surface area contributed by atoms with Gasteiger partial charge < -0.3 is 10.6 Å². The van der Waals surface area contributed by atoms with Gasteiger partial charge in [0.25, 0.3) is 0 Å². The Morgan fingerprint density at radius 1 is 1.43 bits per heavy atom. The van der Waals surface area contributed by atoms with Crippen LogP contribution in [0.15, 0.2) is 23.1 Å². The van der Waals surface area contributed by atoms with E-state index in [0.29, 0.717) is 6.54 Å². The molecule has 116 valence electrons. The molecule has 0 aliphatic carbocycles. The van der Waals surface area contributed by atoms with Gasteiger partial charge in [-0.3, -0.25) is 14.9 Å². The average molecular weight is 315 g/mol. The molecule has 0 aliphatic rings. The van der Waals surface area contributed by atoms with E-state index in [1.807, 2.05) is 0 Å². The predicted molar refractivity (Wildman–Crippen MR) is 78.0 cm³/mol. The number of amides is 1. The first kappa shape index (κ1) is 16.9. The number of hydrogen-bond donors (Lipinski definition) is 2. The second kappa shape index (κ2) is 6.53. The van der Waals surface area contributed by atoms with E-state index < -0.39 is 26.5 Å². The number of nitro benzene ring substituents is 1. The Bertz CT molecular complexity index is 657. The lowest BCUT2D eigenvalue weighted by Crippen LogP contribution is -2.37. The van der Waals surface area contributed by atoms with Crippen molar-refractivity contribution in [2.45, 2.75) is 24.8 Å². The summed E-state index contributed by atoms with van der Waals surface area (Å²) >= 11 is 0. The normalized spacial score (nSPS) is 12.5. The Morgan fingerprint density at radius 3 is 2.52 bits per heavy atom. The number of nitrogens with one attached hydrogen (secondary N) is 2. The number of hydrogen-bond acceptors (Lipinski definition) is 6. The molecule has 21 heavy (non-hydrogen) atoms. The molecule has 0 spiro atoms. The van der Waals surface area contributed by atoms with Gasteiger partial charge in [0.2, 0.25) is 5.91 Å². The number of para-hydroxylation sites is 1. The summed E-state index contributed by atoms with van der Waals surface area (Å²) in [4.78, 5) is 21.7. The molecular weight excluding hydrogens is 298 g/mol. The summed E-state index contributed by atoms with van der Waals surface area (Å²) < 4.78 is 23.2. The Hall–Kier alpha value is -2.16. The van der Waals surface area contributed by atoms with Crippen LogP contribution in [0.1, 0.15) is 13.8 Å². The fraction of sp³-hybridized carbons (Fsp3) is 0.417. The molecule has 2 N–H and O–H groups in total. The van der Waals surface area contributed by atoms with E-state index in [2.05, 4.69) is 10.6 Å². The van der Waals surface area contributed by atoms with Crippen molar-refractivity contribution >= 4 is 27.1 Å². The maximum Gasteiger partial charge on any atom is 0.310 e. The van der Waals surface area contributed by atoms with Gasteiger partial charge in [0.1, 0.15) is 16.6 Å². The van der Waals surface area contributed by atoms with E-state index in [4.69, 9.17) is 0 Å². The van der Waals surface area contributed by atoms with Crippen molar-refractivity contribution in [2.75, 3.05) is 18.1 Å². The summed E-state index contributed by atoms with van der Waals surface area (Å²) in [7, 11) is -3.75. The van der Waals surface area contributed by atoms with Gasteiger partial charge in [0, 0.05) is 12.8 Å². The van der Waals surface area contributed by atoms with Crippen LogP contribution >= 0.6 is 0 Å². The molecule has 1 amide bonds. The second-order valence-electron chi connectivity index (χ2n) is 4.44. The second-order valence-corrected chi connectivity index (χ2v) is 6.43. The lowest BCUT2D eigenvalue weighted by atomic mass is 10.2. The number of sulfone groups is 1. The number of nitrogens with zero attached hydrogens (tertiary/aromatic N) is 1. The molecule has 1 aromatic rings. The van der Waals surface area contributed by atoms with Crippen LogP contribution in [0.4, 0.5) is 11.4 Å². The van der Waals surface area contributed by atoms with Gasteiger partial charge in [-0.1, -0.05) is 6.07 Å². The smallest absolute Gasteiger partial charge is 0.310 e. The van der Waals surface area contributed by atoms with Crippen molar-refractivity contribution in [1.82, 2.24) is 5.32 Å². The monoisotopic (exact) mass is 315 g/mol. The third-order valence-electron chi connectivity index (χ3n) is 2.70. The summed E-state index contributed by atoms with van der Waals surface area (Å²) in [6, 6.07) is 3.17. The zero-order chi connectivity index (χ0) is 16.2. The summed E-state index contributed by atoms with van der Waals surface area (Å²) in [6.07, 6.45) is 0.895. The van der Waals surface area contributed by atoms with Gasteiger partial charge in [0.15, 0.2) is 9.84 Å². The summed E-state index contributed by atoms with van der Waals surface area (Å²) in [5.74, 6) is -0.337. The number of nitro groups is 1. The molecule has 0 aromatic heterocycles. The van der Waals surface area contributed by atoms with Crippen LogP contribution in [0.3, 0.4) is 0 Å². The van der Waals surface area contributed by atoms with E-state index in [1.54, 1.807) is 6.92 Å². The van der Waals surface area contributed by atoms with Gasteiger partial charge in [-0.25, -0.2) is 8.42 Å². The third-order valence-corrected chi connectivity index (χ3v) is 3.83. The molecule has 9 heteroatoms. The number of likely N-dealkylation sites (N-methyl/N-ethyl adjacent to an activating group) is 1. The largest absolute Gasteiger partial charge is 0.368 e. The van der Waals surface area contributed by atoms with Crippen LogP contribution < -0.4 is 10.6 Å². The molecule has 8 nitrogen and oxygen atoms in total. The lowest BCUT2D eigenvalue weighted by Gasteiger charge is -2.15. The number of anilines is 1. The van der Waals surface area contributed by atoms with Crippen molar-refractivity contribution in [3.8, 4) is 0 Å². The number of carbonyl (C=O) groups is 1. The minimum Gasteiger partial charge on any atom is -0.368 e. The fourth-order valence-electron chi connectivity index (χ4n) is 1.75. The fourth-order valence-corrected chi connectivity index (χ4v) is 2.61. The van der Waals surface area contributed by atoms with Gasteiger partial charge in [-0.15, -0.1) is 0 Å². The SMILES string of the molecule is CCNC(=O)C(C)Nc1cccc(S(C)(=O)=O)c1[N+](=O)[O-]. The highest BCUT2D eigenvalue weighted by atomic mass is 32.2. The third kappa shape index (κ3) is 4.15. The first-order valence-corrected chi connectivity index (χ1v) is 8.09. The van der Waals surface area contributed by atoms with E-state index in [9.17, 15) is 23.3 Å². The van der Waals surface area contributed by atoms with E-state index in [1.165, 1.54) is 19.1 Å². The number of rotatable bonds is 6. The number of carbonyl (C=O) groups excluding carboxylic acids is 1. The molecule has 0 aliphatic heterocycles. The first-order valence-electron chi connectivity index (χ1n) is 6.20. The van der Waals surface area contributed by atoms with Crippen LogP contribution in [0.2, 0.25) is 0 Å². The first-order chi connectivity index (χ1) is 9.68. The van der Waals surface area contributed by atoms with Gasteiger partial charge in [-0.05, 0) is 26.0 Å². The predicted octanol–water partition coefficient (Wildman–Crippen LogP) is 0.935. The van der Waals surface area contributed by atoms with Gasteiger partial charge in [-0.2, -0.15) is 0 Å². The van der Waals surface area contributed by atoms with Crippen LogP contribution in [0, 0.1) is 10.1 Å². The maximum atomic E-state index is 11.6. The van der Waals surface area contributed by atoms with Crippen molar-refractivity contribution in [3.05, 3.63) is 28.3 Å². The van der Waals surface area contributed by atoms with Gasteiger partial charge in [0.05, 0.1) is 4.92 Å². The maximum absolute atomic E-state index is 11.6. The lowest BCUT2D eigenvalue weighted by molar-refractivity contribution is -0.386. The highest BCUT2D eigenvalue weighted by molar-refractivity contribution is 7.90. The standard InChI is InChI=1S/C12H17N3O5S/c1-4-13-12(16)8(2)14-9-6-5-7-10(21(3,19)20)11(9)15(17)18/h5-8,14H,4H2,1-3H3,(H,13,16). The highest BCUT2D eigenvalue weighted by Gasteiger charge is 2.27.